The molecular weight excluding hydrogens is 288 g/mol. The molecule has 0 spiro atoms. The summed E-state index contributed by atoms with van der Waals surface area (Å²) in [6.45, 7) is 7.32. The lowest BCUT2D eigenvalue weighted by atomic mass is 9.96. The topological polar surface area (TPSA) is 72.9 Å². The van der Waals surface area contributed by atoms with Crippen molar-refractivity contribution in [2.24, 2.45) is 17.6 Å². The molecule has 2 rings (SSSR count). The second-order valence-electron chi connectivity index (χ2n) is 6.46. The monoisotopic (exact) mass is 314 g/mol. The van der Waals surface area contributed by atoms with Gasteiger partial charge in [-0.25, -0.2) is 0 Å². The zero-order valence-electron chi connectivity index (χ0n) is 14.1. The first-order valence-corrected chi connectivity index (χ1v) is 8.07. The molecule has 0 radical (unpaired) electrons. The van der Waals surface area contributed by atoms with Gasteiger partial charge in [0.1, 0.15) is 0 Å². The van der Waals surface area contributed by atoms with Gasteiger partial charge >= 0.3 is 0 Å². The first-order valence-electron chi connectivity index (χ1n) is 8.07. The normalized spacial score (nSPS) is 12.4. The van der Waals surface area contributed by atoms with Crippen LogP contribution in [-0.4, -0.2) is 22.2 Å². The molecule has 3 N–H and O–H groups in total. The van der Waals surface area contributed by atoms with Crippen LogP contribution < -0.4 is 11.1 Å². The number of benzene rings is 1. The number of nitrogens with two attached hydrogens (primary N) is 1. The first kappa shape index (κ1) is 17.2. The van der Waals surface area contributed by atoms with Gasteiger partial charge in [-0.1, -0.05) is 26.0 Å². The van der Waals surface area contributed by atoms with Gasteiger partial charge in [0.05, 0.1) is 18.7 Å². The molecule has 0 aliphatic carbocycles. The van der Waals surface area contributed by atoms with Crippen molar-refractivity contribution in [3.05, 3.63) is 47.8 Å². The number of hydrogen-bond acceptors (Lipinski definition) is 3. The van der Waals surface area contributed by atoms with Crippen molar-refractivity contribution >= 4 is 11.6 Å². The molecule has 0 saturated heterocycles. The summed E-state index contributed by atoms with van der Waals surface area (Å²) in [5, 5.41) is 7.23. The van der Waals surface area contributed by atoms with Crippen LogP contribution in [0, 0.1) is 18.8 Å². The molecule has 1 heterocycles. The Kier molecular flexibility index (Phi) is 5.93. The van der Waals surface area contributed by atoms with Crippen LogP contribution in [0.15, 0.2) is 36.7 Å². The minimum atomic E-state index is -0.137. The number of hydrogen-bond donors (Lipinski definition) is 2. The van der Waals surface area contributed by atoms with Crippen molar-refractivity contribution in [2.75, 3.05) is 11.9 Å². The van der Waals surface area contributed by atoms with Gasteiger partial charge in [0, 0.05) is 18.4 Å². The summed E-state index contributed by atoms with van der Waals surface area (Å²) in [6.07, 6.45) is 4.66. The molecule has 5 nitrogen and oxygen atoms in total. The second-order valence-corrected chi connectivity index (χ2v) is 6.46. The number of aromatic nitrogens is 2. The Labute approximate surface area is 137 Å². The molecule has 0 unspecified atom stereocenters. The van der Waals surface area contributed by atoms with Crippen molar-refractivity contribution in [1.82, 2.24) is 9.78 Å². The van der Waals surface area contributed by atoms with E-state index >= 15 is 0 Å². The molecular formula is C18H26N4O. The fourth-order valence-electron chi connectivity index (χ4n) is 2.56. The van der Waals surface area contributed by atoms with Gasteiger partial charge < -0.3 is 11.1 Å². The van der Waals surface area contributed by atoms with E-state index in [1.165, 1.54) is 0 Å². The Hall–Kier alpha value is -2.14. The average molecular weight is 314 g/mol. The van der Waals surface area contributed by atoms with Crippen LogP contribution in [0.4, 0.5) is 5.69 Å². The van der Waals surface area contributed by atoms with Gasteiger partial charge in [-0.05, 0) is 42.5 Å². The number of nitrogens with zero attached hydrogens (tertiary/aromatic N) is 2. The van der Waals surface area contributed by atoms with Crippen LogP contribution in [0.3, 0.4) is 0 Å². The van der Waals surface area contributed by atoms with Crippen LogP contribution in [0.25, 0.3) is 0 Å². The predicted octanol–water partition coefficient (Wildman–Crippen LogP) is 2.80. The molecule has 0 bridgehead atoms. The number of amides is 1. The Morgan fingerprint density at radius 3 is 2.52 bits per heavy atom. The van der Waals surface area contributed by atoms with E-state index in [1.807, 2.05) is 48.3 Å². The smallest absolute Gasteiger partial charge is 0.228 e. The lowest BCUT2D eigenvalue weighted by Crippen LogP contribution is -2.30. The van der Waals surface area contributed by atoms with E-state index in [0.717, 1.165) is 29.8 Å². The Bertz CT molecular complexity index is 631. The molecule has 0 aliphatic rings. The van der Waals surface area contributed by atoms with Gasteiger partial charge in [0.25, 0.3) is 0 Å². The number of carbonyl (C=O) groups is 1. The minimum absolute atomic E-state index is 0.00310. The summed E-state index contributed by atoms with van der Waals surface area (Å²) in [6, 6.07) is 7.86. The highest BCUT2D eigenvalue weighted by Gasteiger charge is 2.18. The van der Waals surface area contributed by atoms with Crippen molar-refractivity contribution < 1.29 is 4.79 Å². The quantitative estimate of drug-likeness (QED) is 0.825. The SMILES string of the molecule is Cc1cnn(Cc2ccc(NC(=O)[C@@H](CN)CC(C)C)cc2)c1. The summed E-state index contributed by atoms with van der Waals surface area (Å²) in [7, 11) is 0. The molecule has 2 aromatic rings. The maximum atomic E-state index is 12.3. The lowest BCUT2D eigenvalue weighted by molar-refractivity contribution is -0.120. The molecule has 1 aromatic heterocycles. The number of nitrogens with one attached hydrogen (secondary N) is 1. The van der Waals surface area contributed by atoms with Crippen molar-refractivity contribution in [2.45, 2.75) is 33.7 Å². The summed E-state index contributed by atoms with van der Waals surface area (Å²) in [5.74, 6) is 0.313. The third-order valence-electron chi connectivity index (χ3n) is 3.74. The lowest BCUT2D eigenvalue weighted by Gasteiger charge is -2.17. The van der Waals surface area contributed by atoms with Crippen LogP contribution in [0.5, 0.6) is 0 Å². The number of aryl methyl sites for hydroxylation is 1. The molecule has 1 atom stereocenters. The van der Waals surface area contributed by atoms with Crippen LogP contribution in [0.2, 0.25) is 0 Å². The van der Waals surface area contributed by atoms with E-state index in [-0.39, 0.29) is 11.8 Å². The molecule has 124 valence electrons. The molecule has 0 fully saturated rings. The standard InChI is InChI=1S/C18H26N4O/c1-13(2)8-16(9-19)18(23)21-17-6-4-15(5-7-17)12-22-11-14(3)10-20-22/h4-7,10-11,13,16H,8-9,12,19H2,1-3H3,(H,21,23)/t16-/m1/s1. The number of carbonyl (C=O) groups excluding carboxylic acids is 1. The van der Waals surface area contributed by atoms with Crippen molar-refractivity contribution in [3.63, 3.8) is 0 Å². The van der Waals surface area contributed by atoms with Gasteiger partial charge in [-0.3, -0.25) is 9.48 Å². The Morgan fingerprint density at radius 2 is 2.00 bits per heavy atom. The van der Waals surface area contributed by atoms with E-state index in [0.29, 0.717) is 12.5 Å². The van der Waals surface area contributed by atoms with Crippen molar-refractivity contribution in [3.8, 4) is 0 Å². The van der Waals surface area contributed by atoms with Gasteiger partial charge in [0.2, 0.25) is 5.91 Å². The van der Waals surface area contributed by atoms with Crippen molar-refractivity contribution in [1.29, 1.82) is 0 Å². The third-order valence-corrected chi connectivity index (χ3v) is 3.74. The summed E-state index contributed by atoms with van der Waals surface area (Å²) >= 11 is 0. The zero-order valence-corrected chi connectivity index (χ0v) is 14.1. The highest BCUT2D eigenvalue weighted by molar-refractivity contribution is 5.92. The predicted molar refractivity (Wildman–Crippen MR) is 93.1 cm³/mol. The zero-order chi connectivity index (χ0) is 16.8. The van der Waals surface area contributed by atoms with Gasteiger partial charge in [-0.2, -0.15) is 5.10 Å². The fraction of sp³-hybridized carbons (Fsp3) is 0.444. The molecule has 23 heavy (non-hydrogen) atoms. The van der Waals surface area contributed by atoms with E-state index in [9.17, 15) is 4.79 Å². The Balaban J connectivity index is 1.95. The molecule has 1 amide bonds. The number of rotatable bonds is 7. The summed E-state index contributed by atoms with van der Waals surface area (Å²) < 4.78 is 1.90. The fourth-order valence-corrected chi connectivity index (χ4v) is 2.56. The van der Waals surface area contributed by atoms with E-state index < -0.39 is 0 Å². The van der Waals surface area contributed by atoms with Gasteiger partial charge in [0.15, 0.2) is 0 Å². The van der Waals surface area contributed by atoms with E-state index in [4.69, 9.17) is 5.73 Å². The Morgan fingerprint density at radius 1 is 1.30 bits per heavy atom. The molecule has 1 aromatic carbocycles. The number of anilines is 1. The first-order chi connectivity index (χ1) is 11.0. The molecule has 5 heteroatoms. The highest BCUT2D eigenvalue weighted by Crippen LogP contribution is 2.15. The minimum Gasteiger partial charge on any atom is -0.330 e. The summed E-state index contributed by atoms with van der Waals surface area (Å²) in [4.78, 5) is 12.3. The van der Waals surface area contributed by atoms with Crippen LogP contribution in [-0.2, 0) is 11.3 Å². The highest BCUT2D eigenvalue weighted by atomic mass is 16.1. The maximum absolute atomic E-state index is 12.3. The van der Waals surface area contributed by atoms with E-state index in [2.05, 4.69) is 24.3 Å². The third kappa shape index (κ3) is 5.21. The van der Waals surface area contributed by atoms with Crippen LogP contribution in [0.1, 0.15) is 31.4 Å². The summed E-state index contributed by atoms with van der Waals surface area (Å²) in [5.41, 5.74) is 8.81. The largest absolute Gasteiger partial charge is 0.330 e. The maximum Gasteiger partial charge on any atom is 0.228 e. The van der Waals surface area contributed by atoms with Crippen LogP contribution >= 0.6 is 0 Å². The van der Waals surface area contributed by atoms with Gasteiger partial charge in [-0.15, -0.1) is 0 Å². The second kappa shape index (κ2) is 7.92. The molecule has 0 saturated carbocycles. The van der Waals surface area contributed by atoms with E-state index in [1.54, 1.807) is 0 Å². The average Bonchev–Trinajstić information content (AvgIpc) is 2.91. The molecule has 0 aliphatic heterocycles.